The highest BCUT2D eigenvalue weighted by Gasteiger charge is 2.12. The van der Waals surface area contributed by atoms with Gasteiger partial charge in [-0.2, -0.15) is 0 Å². The van der Waals surface area contributed by atoms with Gasteiger partial charge in [0.15, 0.2) is 12.4 Å². The monoisotopic (exact) mass is 487 g/mol. The van der Waals surface area contributed by atoms with E-state index in [2.05, 4.69) is 32.1 Å². The first-order valence-electron chi connectivity index (χ1n) is 8.05. The molecular weight excluding hydrogens is 473 g/mol. The lowest BCUT2D eigenvalue weighted by molar-refractivity contribution is -0.130. The van der Waals surface area contributed by atoms with Crippen molar-refractivity contribution in [1.82, 2.24) is 10.9 Å². The van der Waals surface area contributed by atoms with Crippen LogP contribution in [0, 0.1) is 0 Å². The van der Waals surface area contributed by atoms with Crippen molar-refractivity contribution in [2.24, 2.45) is 0 Å². The van der Waals surface area contributed by atoms with Crippen molar-refractivity contribution in [3.8, 4) is 5.75 Å². The maximum Gasteiger partial charge on any atom is 0.276 e. The summed E-state index contributed by atoms with van der Waals surface area (Å²) in [6.07, 6.45) is -0.116. The van der Waals surface area contributed by atoms with Crippen LogP contribution in [0.3, 0.4) is 0 Å². The third kappa shape index (κ3) is 7.38. The molecule has 10 heteroatoms. The Hall–Kier alpha value is -2.29. The third-order valence-electron chi connectivity index (χ3n) is 3.29. The Bertz CT molecular complexity index is 842. The topological polar surface area (TPSA) is 96.5 Å². The second kappa shape index (κ2) is 10.9. The van der Waals surface area contributed by atoms with E-state index >= 15 is 0 Å². The Labute approximate surface area is 179 Å². The molecule has 0 unspecified atom stereocenters. The average Bonchev–Trinajstić information content (AvgIpc) is 2.64. The summed E-state index contributed by atoms with van der Waals surface area (Å²) in [5, 5.41) is 3.31. The zero-order valence-electron chi connectivity index (χ0n) is 14.4. The number of carbonyl (C=O) groups excluding carboxylic acids is 3. The average molecular weight is 489 g/mol. The van der Waals surface area contributed by atoms with Gasteiger partial charge >= 0.3 is 0 Å². The Balaban J connectivity index is 1.68. The van der Waals surface area contributed by atoms with Crippen molar-refractivity contribution in [2.45, 2.75) is 12.8 Å². The number of benzene rings is 2. The van der Waals surface area contributed by atoms with Gasteiger partial charge in [0.2, 0.25) is 11.8 Å². The van der Waals surface area contributed by atoms with Crippen LogP contribution in [0.25, 0.3) is 0 Å². The van der Waals surface area contributed by atoms with Crippen molar-refractivity contribution in [3.05, 3.63) is 57.0 Å². The van der Waals surface area contributed by atoms with Gasteiger partial charge in [-0.25, -0.2) is 0 Å². The van der Waals surface area contributed by atoms with Crippen LogP contribution in [-0.2, 0) is 14.4 Å². The van der Waals surface area contributed by atoms with E-state index in [0.29, 0.717) is 15.2 Å². The minimum Gasteiger partial charge on any atom is -0.481 e. The lowest BCUT2D eigenvalue weighted by Gasteiger charge is -2.11. The molecule has 0 aliphatic carbocycles. The molecule has 0 saturated heterocycles. The second-order valence-electron chi connectivity index (χ2n) is 5.50. The van der Waals surface area contributed by atoms with E-state index in [-0.39, 0.29) is 36.1 Å². The molecular formula is C18H16BrCl2N3O4. The zero-order chi connectivity index (χ0) is 20.5. The summed E-state index contributed by atoms with van der Waals surface area (Å²) in [6.45, 7) is -0.380. The molecule has 3 N–H and O–H groups in total. The van der Waals surface area contributed by atoms with Crippen molar-refractivity contribution in [1.29, 1.82) is 0 Å². The van der Waals surface area contributed by atoms with Gasteiger partial charge in [0.05, 0.1) is 9.50 Å². The number of rotatable bonds is 7. The number of hydrazine groups is 1. The number of carbonyl (C=O) groups is 3. The fraction of sp³-hybridized carbons (Fsp3) is 0.167. The Morgan fingerprint density at radius 1 is 0.929 bits per heavy atom. The van der Waals surface area contributed by atoms with Crippen molar-refractivity contribution < 1.29 is 19.1 Å². The van der Waals surface area contributed by atoms with Crippen LogP contribution in [0.4, 0.5) is 5.69 Å². The number of nitrogens with one attached hydrogen (secondary N) is 3. The van der Waals surface area contributed by atoms with Gasteiger partial charge in [-0.05, 0) is 40.2 Å². The fourth-order valence-corrected chi connectivity index (χ4v) is 3.38. The molecule has 2 aromatic rings. The highest BCUT2D eigenvalue weighted by molar-refractivity contribution is 9.10. The molecule has 0 aliphatic rings. The van der Waals surface area contributed by atoms with Gasteiger partial charge in [0.1, 0.15) is 0 Å². The van der Waals surface area contributed by atoms with Crippen molar-refractivity contribution in [3.63, 3.8) is 0 Å². The summed E-state index contributed by atoms with van der Waals surface area (Å²) in [4.78, 5) is 35.3. The minimum absolute atomic E-state index is 0.0274. The van der Waals surface area contributed by atoms with Gasteiger partial charge in [0, 0.05) is 23.6 Å². The SMILES string of the molecule is O=C(CCC(=O)Nc1ccccc1)NNC(=O)COc1c(Cl)cc(Cl)cc1Br. The van der Waals surface area contributed by atoms with Gasteiger partial charge in [0.25, 0.3) is 5.91 Å². The smallest absolute Gasteiger partial charge is 0.276 e. The molecule has 0 bridgehead atoms. The van der Waals surface area contributed by atoms with Crippen LogP contribution >= 0.6 is 39.1 Å². The van der Waals surface area contributed by atoms with Gasteiger partial charge in [-0.15, -0.1) is 0 Å². The quantitative estimate of drug-likeness (QED) is 0.517. The molecule has 0 aliphatic heterocycles. The first-order chi connectivity index (χ1) is 13.3. The van der Waals surface area contributed by atoms with E-state index in [0.717, 1.165) is 0 Å². The molecule has 0 saturated carbocycles. The number of para-hydroxylation sites is 1. The summed E-state index contributed by atoms with van der Waals surface area (Å²) in [5.74, 6) is -1.16. The number of hydrogen-bond acceptors (Lipinski definition) is 4. The molecule has 28 heavy (non-hydrogen) atoms. The third-order valence-corrected chi connectivity index (χ3v) is 4.38. The van der Waals surface area contributed by atoms with Crippen LogP contribution in [0.2, 0.25) is 10.0 Å². The second-order valence-corrected chi connectivity index (χ2v) is 7.20. The standard InChI is InChI=1S/C18H16BrCl2N3O4/c19-13-8-11(20)9-14(21)18(13)28-10-17(27)24-23-16(26)7-6-15(25)22-12-4-2-1-3-5-12/h1-5,8-9H,6-7,10H2,(H,22,25)(H,23,26)(H,24,27). The molecule has 2 aromatic carbocycles. The number of hydrogen-bond donors (Lipinski definition) is 3. The van der Waals surface area contributed by atoms with E-state index in [9.17, 15) is 14.4 Å². The summed E-state index contributed by atoms with van der Waals surface area (Å²) >= 11 is 15.1. The maximum absolute atomic E-state index is 11.8. The molecule has 7 nitrogen and oxygen atoms in total. The Kier molecular flexibility index (Phi) is 8.56. The molecule has 0 fully saturated rings. The van der Waals surface area contributed by atoms with E-state index in [1.807, 2.05) is 6.07 Å². The molecule has 0 spiro atoms. The van der Waals surface area contributed by atoms with Gasteiger partial charge in [-0.1, -0.05) is 41.4 Å². The van der Waals surface area contributed by atoms with Crippen LogP contribution < -0.4 is 20.9 Å². The van der Waals surface area contributed by atoms with Crippen LogP contribution in [0.1, 0.15) is 12.8 Å². The van der Waals surface area contributed by atoms with Gasteiger partial charge in [-0.3, -0.25) is 25.2 Å². The number of halogens is 3. The maximum atomic E-state index is 11.8. The lowest BCUT2D eigenvalue weighted by Crippen LogP contribution is -2.44. The summed E-state index contributed by atoms with van der Waals surface area (Å²) in [5.41, 5.74) is 5.05. The first kappa shape index (κ1) is 22.0. The normalized spacial score (nSPS) is 10.1. The molecule has 0 radical (unpaired) electrons. The number of ether oxygens (including phenoxy) is 1. The van der Waals surface area contributed by atoms with Crippen LogP contribution in [-0.4, -0.2) is 24.3 Å². The predicted octanol–water partition coefficient (Wildman–Crippen LogP) is 3.70. The van der Waals surface area contributed by atoms with Crippen molar-refractivity contribution in [2.75, 3.05) is 11.9 Å². The number of anilines is 1. The predicted molar refractivity (Wildman–Crippen MR) is 110 cm³/mol. The van der Waals surface area contributed by atoms with E-state index in [4.69, 9.17) is 27.9 Å². The first-order valence-corrected chi connectivity index (χ1v) is 9.60. The Morgan fingerprint density at radius 3 is 2.25 bits per heavy atom. The Morgan fingerprint density at radius 2 is 1.57 bits per heavy atom. The van der Waals surface area contributed by atoms with E-state index in [1.165, 1.54) is 6.07 Å². The molecule has 0 heterocycles. The molecule has 0 aromatic heterocycles. The van der Waals surface area contributed by atoms with E-state index in [1.54, 1.807) is 30.3 Å². The summed E-state index contributed by atoms with van der Waals surface area (Å²) in [6, 6.07) is 11.9. The minimum atomic E-state index is -0.597. The zero-order valence-corrected chi connectivity index (χ0v) is 17.5. The van der Waals surface area contributed by atoms with E-state index < -0.39 is 11.8 Å². The highest BCUT2D eigenvalue weighted by atomic mass is 79.9. The molecule has 0 atom stereocenters. The molecule has 3 amide bonds. The highest BCUT2D eigenvalue weighted by Crippen LogP contribution is 2.35. The fourth-order valence-electron chi connectivity index (χ4n) is 2.01. The summed E-state index contributed by atoms with van der Waals surface area (Å²) < 4.78 is 5.81. The largest absolute Gasteiger partial charge is 0.481 e. The molecule has 148 valence electrons. The van der Waals surface area contributed by atoms with Crippen LogP contribution in [0.5, 0.6) is 5.75 Å². The van der Waals surface area contributed by atoms with Crippen LogP contribution in [0.15, 0.2) is 46.9 Å². The lowest BCUT2D eigenvalue weighted by atomic mass is 10.2. The van der Waals surface area contributed by atoms with Crippen molar-refractivity contribution >= 4 is 62.5 Å². The molecule has 2 rings (SSSR count). The summed E-state index contributed by atoms with van der Waals surface area (Å²) in [7, 11) is 0. The number of amides is 3. The van der Waals surface area contributed by atoms with Gasteiger partial charge < -0.3 is 10.1 Å².